The van der Waals surface area contributed by atoms with E-state index < -0.39 is 11.0 Å². The van der Waals surface area contributed by atoms with Crippen LogP contribution in [0.1, 0.15) is 33.2 Å². The molecule has 8 heteroatoms. The fourth-order valence-corrected chi connectivity index (χ4v) is 2.08. The molecule has 0 aliphatic heterocycles. The van der Waals surface area contributed by atoms with E-state index >= 15 is 0 Å². The van der Waals surface area contributed by atoms with Gasteiger partial charge in [0.1, 0.15) is 18.4 Å². The van der Waals surface area contributed by atoms with Crippen LogP contribution in [0.3, 0.4) is 0 Å². The maximum Gasteiger partial charge on any atom is 0.307 e. The lowest BCUT2D eigenvalue weighted by atomic mass is 10.2. The maximum atomic E-state index is 12.2. The molecule has 0 bridgehead atoms. The van der Waals surface area contributed by atoms with E-state index in [1.54, 1.807) is 0 Å². The average molecular weight is 297 g/mol. The predicted molar refractivity (Wildman–Crippen MR) is 79.0 cm³/mol. The monoisotopic (exact) mass is 297 g/mol. The Morgan fingerprint density at radius 2 is 2.14 bits per heavy atom. The van der Waals surface area contributed by atoms with Gasteiger partial charge < -0.3 is 10.2 Å². The summed E-state index contributed by atoms with van der Waals surface area (Å²) in [5, 5.41) is 17.4. The minimum Gasteiger partial charge on any atom is -0.353 e. The zero-order valence-corrected chi connectivity index (χ0v) is 12.8. The van der Waals surface area contributed by atoms with Gasteiger partial charge in [0.15, 0.2) is 0 Å². The molecule has 0 aromatic carbocycles. The molecule has 1 atom stereocenters. The Hall–Kier alpha value is -1.96. The molecule has 0 radical (unpaired) electrons. The third-order valence-electron chi connectivity index (χ3n) is 3.43. The molecule has 1 unspecified atom stereocenters. The largest absolute Gasteiger partial charge is 0.353 e. The number of aromatic nitrogens is 2. The van der Waals surface area contributed by atoms with E-state index in [2.05, 4.69) is 29.2 Å². The van der Waals surface area contributed by atoms with Crippen molar-refractivity contribution in [1.29, 1.82) is 0 Å². The summed E-state index contributed by atoms with van der Waals surface area (Å²) in [6.07, 6.45) is 2.97. The number of carbonyl (C=O) groups excluding carboxylic acids is 1. The molecule has 0 saturated carbocycles. The van der Waals surface area contributed by atoms with E-state index in [0.29, 0.717) is 13.0 Å². The Morgan fingerprint density at radius 3 is 2.62 bits per heavy atom. The highest BCUT2D eigenvalue weighted by molar-refractivity contribution is 5.80. The van der Waals surface area contributed by atoms with Gasteiger partial charge in [-0.2, -0.15) is 5.10 Å². The van der Waals surface area contributed by atoms with Gasteiger partial charge in [-0.3, -0.25) is 19.6 Å². The minimum absolute atomic E-state index is 0.107. The molecule has 1 amide bonds. The van der Waals surface area contributed by atoms with E-state index in [-0.39, 0.29) is 11.6 Å². The summed E-state index contributed by atoms with van der Waals surface area (Å²) in [6, 6.07) is -0.518. The van der Waals surface area contributed by atoms with Gasteiger partial charge in [0.2, 0.25) is 5.91 Å². The average Bonchev–Trinajstić information content (AvgIpc) is 2.94. The summed E-state index contributed by atoms with van der Waals surface area (Å²) in [5.41, 5.74) is -0.107. The lowest BCUT2D eigenvalue weighted by molar-refractivity contribution is -0.385. The summed E-state index contributed by atoms with van der Waals surface area (Å²) in [4.78, 5) is 24.5. The van der Waals surface area contributed by atoms with Gasteiger partial charge in [-0.15, -0.1) is 0 Å². The summed E-state index contributed by atoms with van der Waals surface area (Å²) >= 11 is 0. The molecule has 0 aliphatic carbocycles. The lowest BCUT2D eigenvalue weighted by Crippen LogP contribution is -2.38. The number of rotatable bonds is 9. The van der Waals surface area contributed by atoms with Crippen LogP contribution in [0.2, 0.25) is 0 Å². The quantitative estimate of drug-likeness (QED) is 0.546. The van der Waals surface area contributed by atoms with Crippen LogP contribution in [0.5, 0.6) is 0 Å². The first kappa shape index (κ1) is 17.1. The molecule has 1 aromatic heterocycles. The second-order valence-corrected chi connectivity index (χ2v) is 4.68. The van der Waals surface area contributed by atoms with Crippen molar-refractivity contribution in [2.75, 3.05) is 26.2 Å². The minimum atomic E-state index is -0.519. The molecule has 0 spiro atoms. The molecular weight excluding hydrogens is 274 g/mol. The molecule has 8 nitrogen and oxygen atoms in total. The zero-order chi connectivity index (χ0) is 15.8. The standard InChI is InChI=1S/C13H23N5O3/c1-4-12(17-10-11(9-15-17)18(20)21)13(19)14-7-8-16(5-2)6-3/h9-10,12H,4-8H2,1-3H3,(H,14,19). The Kier molecular flexibility index (Phi) is 6.80. The van der Waals surface area contributed by atoms with Gasteiger partial charge in [0, 0.05) is 13.1 Å². The summed E-state index contributed by atoms with van der Waals surface area (Å²) < 4.78 is 1.35. The van der Waals surface area contributed by atoms with Gasteiger partial charge in [-0.25, -0.2) is 0 Å². The van der Waals surface area contributed by atoms with Crippen molar-refractivity contribution in [3.8, 4) is 0 Å². The van der Waals surface area contributed by atoms with Crippen molar-refractivity contribution in [1.82, 2.24) is 20.0 Å². The molecule has 1 N–H and O–H groups in total. The van der Waals surface area contributed by atoms with Crippen molar-refractivity contribution in [2.24, 2.45) is 0 Å². The highest BCUT2D eigenvalue weighted by Gasteiger charge is 2.21. The Bertz CT molecular complexity index is 470. The van der Waals surface area contributed by atoms with Gasteiger partial charge >= 0.3 is 5.69 Å². The van der Waals surface area contributed by atoms with Gasteiger partial charge in [0.25, 0.3) is 0 Å². The van der Waals surface area contributed by atoms with E-state index in [4.69, 9.17) is 0 Å². The summed E-state index contributed by atoms with van der Waals surface area (Å²) in [7, 11) is 0. The fourth-order valence-electron chi connectivity index (χ4n) is 2.08. The molecule has 21 heavy (non-hydrogen) atoms. The first-order chi connectivity index (χ1) is 10.0. The van der Waals surface area contributed by atoms with Crippen molar-refractivity contribution in [3.05, 3.63) is 22.5 Å². The van der Waals surface area contributed by atoms with Gasteiger partial charge in [-0.1, -0.05) is 20.8 Å². The number of likely N-dealkylation sites (N-methyl/N-ethyl adjacent to an activating group) is 1. The van der Waals surface area contributed by atoms with Crippen molar-refractivity contribution >= 4 is 11.6 Å². The van der Waals surface area contributed by atoms with E-state index in [0.717, 1.165) is 25.8 Å². The smallest absolute Gasteiger partial charge is 0.307 e. The molecule has 0 aliphatic rings. The van der Waals surface area contributed by atoms with Crippen LogP contribution < -0.4 is 5.32 Å². The predicted octanol–water partition coefficient (Wildman–Crippen LogP) is 1.20. The van der Waals surface area contributed by atoms with Crippen molar-refractivity contribution in [3.63, 3.8) is 0 Å². The molecule has 118 valence electrons. The van der Waals surface area contributed by atoms with E-state index in [9.17, 15) is 14.9 Å². The van der Waals surface area contributed by atoms with Gasteiger partial charge in [0.05, 0.1) is 4.92 Å². The van der Waals surface area contributed by atoms with E-state index in [1.807, 2.05) is 6.92 Å². The highest BCUT2D eigenvalue weighted by atomic mass is 16.6. The lowest BCUT2D eigenvalue weighted by Gasteiger charge is -2.20. The Balaban J connectivity index is 2.58. The summed E-state index contributed by atoms with van der Waals surface area (Å²) in [6.45, 7) is 9.22. The van der Waals surface area contributed by atoms with Crippen LogP contribution in [0, 0.1) is 10.1 Å². The third-order valence-corrected chi connectivity index (χ3v) is 3.43. The number of carbonyl (C=O) groups is 1. The molecular formula is C13H23N5O3. The fraction of sp³-hybridized carbons (Fsp3) is 0.692. The Labute approximate surface area is 124 Å². The number of nitrogens with zero attached hydrogens (tertiary/aromatic N) is 4. The number of hydrogen-bond acceptors (Lipinski definition) is 5. The first-order valence-electron chi connectivity index (χ1n) is 7.22. The Morgan fingerprint density at radius 1 is 1.48 bits per heavy atom. The van der Waals surface area contributed by atoms with E-state index in [1.165, 1.54) is 10.9 Å². The SMILES string of the molecule is CCC(C(=O)NCCN(CC)CC)n1cc([N+](=O)[O-])cn1. The molecule has 0 saturated heterocycles. The molecule has 1 aromatic rings. The zero-order valence-electron chi connectivity index (χ0n) is 12.8. The van der Waals surface area contributed by atoms with Gasteiger partial charge in [-0.05, 0) is 19.5 Å². The van der Waals surface area contributed by atoms with Crippen molar-refractivity contribution < 1.29 is 9.72 Å². The van der Waals surface area contributed by atoms with Crippen LogP contribution in [-0.4, -0.2) is 51.7 Å². The second kappa shape index (κ2) is 8.35. The number of nitrogens with one attached hydrogen (secondary N) is 1. The maximum absolute atomic E-state index is 12.2. The summed E-state index contributed by atoms with van der Waals surface area (Å²) in [5.74, 6) is -0.164. The van der Waals surface area contributed by atoms with Crippen LogP contribution in [0.4, 0.5) is 5.69 Å². The first-order valence-corrected chi connectivity index (χ1v) is 7.22. The second-order valence-electron chi connectivity index (χ2n) is 4.68. The topological polar surface area (TPSA) is 93.3 Å². The molecule has 0 fully saturated rings. The van der Waals surface area contributed by atoms with Crippen LogP contribution in [0.15, 0.2) is 12.4 Å². The third kappa shape index (κ3) is 4.82. The molecule has 1 heterocycles. The number of hydrogen-bond donors (Lipinski definition) is 1. The van der Waals surface area contributed by atoms with Crippen molar-refractivity contribution in [2.45, 2.75) is 33.2 Å². The number of amides is 1. The highest BCUT2D eigenvalue weighted by Crippen LogP contribution is 2.15. The normalized spacial score (nSPS) is 12.4. The van der Waals surface area contributed by atoms with Crippen LogP contribution in [-0.2, 0) is 4.79 Å². The number of nitro groups is 1. The van der Waals surface area contributed by atoms with Crippen LogP contribution in [0.25, 0.3) is 0 Å². The van der Waals surface area contributed by atoms with Crippen LogP contribution >= 0.6 is 0 Å². The molecule has 1 rings (SSSR count).